The number of hydrogen-bond donors (Lipinski definition) is 0. The van der Waals surface area contributed by atoms with Crippen LogP contribution in [-0.2, 0) is 12.8 Å². The molecule has 0 aliphatic rings. The largest absolute Gasteiger partial charge is 0.478 e. The molecule has 4 heterocycles. The van der Waals surface area contributed by atoms with E-state index in [-0.39, 0.29) is 0 Å². The molecule has 0 aliphatic heterocycles. The summed E-state index contributed by atoms with van der Waals surface area (Å²) in [6.07, 6.45) is 7.00. The lowest BCUT2D eigenvalue weighted by Crippen LogP contribution is -2.51. The standard InChI is InChI=1S/C31H41FN4OSi/c1-9-37-29-13-10-24(18-33-29)15-27-12-11-25(30(32)35-27)16-26-19-36(31-28(26)14-23(8)17-34-31)38(20(2)3,21(4)5)22(6)7/h10-14,17-22H,9,15-16H2,1-8H3. The third-order valence-corrected chi connectivity index (χ3v) is 14.6. The van der Waals surface area contributed by atoms with Gasteiger partial charge in [-0.1, -0.05) is 53.7 Å². The van der Waals surface area contributed by atoms with Crippen molar-refractivity contribution in [1.82, 2.24) is 19.2 Å². The second kappa shape index (κ2) is 11.4. The van der Waals surface area contributed by atoms with Gasteiger partial charge in [-0.15, -0.1) is 0 Å². The van der Waals surface area contributed by atoms with Gasteiger partial charge in [-0.25, -0.2) is 15.0 Å². The Bertz CT molecular complexity index is 1370. The van der Waals surface area contributed by atoms with Crippen molar-refractivity contribution in [3.8, 4) is 5.88 Å². The van der Waals surface area contributed by atoms with Crippen LogP contribution in [0.5, 0.6) is 5.88 Å². The Balaban J connectivity index is 1.69. The number of fused-ring (bicyclic) bond motifs is 1. The van der Waals surface area contributed by atoms with Gasteiger partial charge in [0.2, 0.25) is 11.8 Å². The molecule has 4 rings (SSSR count). The number of aryl methyl sites for hydroxylation is 1. The van der Waals surface area contributed by atoms with Crippen LogP contribution in [0.4, 0.5) is 4.39 Å². The molecule has 0 bridgehead atoms. The molecule has 4 aromatic heterocycles. The van der Waals surface area contributed by atoms with Gasteiger partial charge in [0.15, 0.2) is 8.24 Å². The first-order valence-corrected chi connectivity index (χ1v) is 15.9. The molecule has 0 radical (unpaired) electrons. The predicted octanol–water partition coefficient (Wildman–Crippen LogP) is 7.88. The van der Waals surface area contributed by atoms with Gasteiger partial charge in [-0.2, -0.15) is 4.39 Å². The summed E-state index contributed by atoms with van der Waals surface area (Å²) in [5.41, 5.74) is 7.10. The first-order chi connectivity index (χ1) is 18.1. The Hall–Kier alpha value is -3.06. The van der Waals surface area contributed by atoms with Gasteiger partial charge in [0.25, 0.3) is 0 Å². The first-order valence-electron chi connectivity index (χ1n) is 13.8. The molecule has 0 atom stereocenters. The van der Waals surface area contributed by atoms with Crippen molar-refractivity contribution in [1.29, 1.82) is 0 Å². The van der Waals surface area contributed by atoms with Gasteiger partial charge in [-0.05, 0) is 59.3 Å². The molecular weight excluding hydrogens is 491 g/mol. The Morgan fingerprint density at radius 2 is 1.61 bits per heavy atom. The highest BCUT2D eigenvalue weighted by Gasteiger charge is 2.46. The maximum Gasteiger partial charge on any atom is 0.216 e. The molecule has 0 spiro atoms. The maximum absolute atomic E-state index is 15.3. The van der Waals surface area contributed by atoms with E-state index in [1.165, 1.54) is 0 Å². The molecule has 5 nitrogen and oxygen atoms in total. The van der Waals surface area contributed by atoms with Crippen molar-refractivity contribution < 1.29 is 9.13 Å². The topological polar surface area (TPSA) is 52.8 Å². The number of halogens is 1. The van der Waals surface area contributed by atoms with Crippen LogP contribution in [0.15, 0.2) is 48.9 Å². The zero-order chi connectivity index (χ0) is 27.6. The number of rotatable bonds is 10. The minimum absolute atomic E-state index is 0.414. The molecule has 0 aromatic carbocycles. The molecule has 0 amide bonds. The smallest absolute Gasteiger partial charge is 0.216 e. The molecule has 38 heavy (non-hydrogen) atoms. The van der Waals surface area contributed by atoms with Crippen LogP contribution < -0.4 is 4.74 Å². The van der Waals surface area contributed by atoms with E-state index < -0.39 is 14.2 Å². The third-order valence-electron chi connectivity index (χ3n) is 7.89. The highest BCUT2D eigenvalue weighted by Crippen LogP contribution is 2.44. The highest BCUT2D eigenvalue weighted by molar-refractivity contribution is 6.82. The van der Waals surface area contributed by atoms with Crippen molar-refractivity contribution in [2.45, 2.75) is 84.9 Å². The van der Waals surface area contributed by atoms with Crippen LogP contribution >= 0.6 is 0 Å². The fourth-order valence-electron chi connectivity index (χ4n) is 6.44. The van der Waals surface area contributed by atoms with E-state index in [0.717, 1.165) is 27.7 Å². The normalized spacial score (nSPS) is 12.3. The minimum atomic E-state index is -2.03. The first kappa shape index (κ1) is 28.0. The second-order valence-electron chi connectivity index (χ2n) is 11.3. The third kappa shape index (κ3) is 5.26. The lowest BCUT2D eigenvalue weighted by Gasteiger charge is -2.44. The Kier molecular flexibility index (Phi) is 8.36. The summed E-state index contributed by atoms with van der Waals surface area (Å²) in [6.45, 7) is 18.7. The van der Waals surface area contributed by atoms with E-state index >= 15 is 4.39 Å². The Labute approximate surface area is 227 Å². The van der Waals surface area contributed by atoms with E-state index in [1.54, 1.807) is 6.20 Å². The van der Waals surface area contributed by atoms with E-state index in [4.69, 9.17) is 9.72 Å². The molecule has 0 saturated carbocycles. The summed E-state index contributed by atoms with van der Waals surface area (Å²) < 4.78 is 23.3. The lowest BCUT2D eigenvalue weighted by atomic mass is 10.0. The summed E-state index contributed by atoms with van der Waals surface area (Å²) in [7, 11) is -2.03. The predicted molar refractivity (Wildman–Crippen MR) is 156 cm³/mol. The van der Waals surface area contributed by atoms with Gasteiger partial charge in [0.05, 0.1) is 6.61 Å². The molecule has 7 heteroatoms. The average Bonchev–Trinajstić information content (AvgIpc) is 3.19. The van der Waals surface area contributed by atoms with E-state index in [0.29, 0.717) is 53.2 Å². The summed E-state index contributed by atoms with van der Waals surface area (Å²) in [4.78, 5) is 13.6. The van der Waals surface area contributed by atoms with Crippen molar-refractivity contribution >= 4 is 19.3 Å². The summed E-state index contributed by atoms with van der Waals surface area (Å²) in [6, 6.07) is 9.79. The van der Waals surface area contributed by atoms with E-state index in [2.05, 4.69) is 74.9 Å². The van der Waals surface area contributed by atoms with Gasteiger partial charge < -0.3 is 8.97 Å². The van der Waals surface area contributed by atoms with Gasteiger partial charge in [0, 0.05) is 54.1 Å². The quantitative estimate of drug-likeness (QED) is 0.154. The fourth-order valence-corrected chi connectivity index (χ4v) is 13.0. The van der Waals surface area contributed by atoms with E-state index in [9.17, 15) is 0 Å². The number of pyridine rings is 3. The monoisotopic (exact) mass is 532 g/mol. The van der Waals surface area contributed by atoms with Gasteiger partial charge in [-0.3, -0.25) is 0 Å². The van der Waals surface area contributed by atoms with Crippen molar-refractivity contribution in [3.63, 3.8) is 0 Å². The number of nitrogens with zero attached hydrogens (tertiary/aromatic N) is 4. The second-order valence-corrected chi connectivity index (χ2v) is 17.0. The lowest BCUT2D eigenvalue weighted by molar-refractivity contribution is 0.326. The average molecular weight is 533 g/mol. The zero-order valence-corrected chi connectivity index (χ0v) is 25.0. The van der Waals surface area contributed by atoms with Crippen LogP contribution in [0.1, 0.15) is 76.4 Å². The van der Waals surface area contributed by atoms with Crippen LogP contribution in [0, 0.1) is 12.9 Å². The highest BCUT2D eigenvalue weighted by atomic mass is 28.3. The van der Waals surface area contributed by atoms with Gasteiger partial charge in [0.1, 0.15) is 5.65 Å². The van der Waals surface area contributed by atoms with Crippen molar-refractivity contribution in [2.75, 3.05) is 6.61 Å². The zero-order valence-electron chi connectivity index (χ0n) is 24.0. The van der Waals surface area contributed by atoms with Crippen molar-refractivity contribution in [3.05, 3.63) is 82.8 Å². The fraction of sp³-hybridized carbons (Fsp3) is 0.452. The molecule has 0 saturated heterocycles. The molecule has 0 aliphatic carbocycles. The minimum Gasteiger partial charge on any atom is -0.478 e. The van der Waals surface area contributed by atoms with Crippen LogP contribution in [-0.4, -0.2) is 34.0 Å². The summed E-state index contributed by atoms with van der Waals surface area (Å²) in [5, 5.41) is 1.12. The number of hydrogen-bond acceptors (Lipinski definition) is 4. The van der Waals surface area contributed by atoms with Crippen LogP contribution in [0.2, 0.25) is 16.6 Å². The molecule has 202 valence electrons. The van der Waals surface area contributed by atoms with Gasteiger partial charge >= 0.3 is 0 Å². The van der Waals surface area contributed by atoms with E-state index in [1.807, 2.05) is 37.4 Å². The molecule has 0 fully saturated rings. The number of ether oxygens (including phenoxy) is 1. The van der Waals surface area contributed by atoms with Crippen LogP contribution in [0.25, 0.3) is 11.0 Å². The maximum atomic E-state index is 15.3. The molecular formula is C31H41FN4OSi. The molecule has 0 unspecified atom stereocenters. The number of aromatic nitrogens is 4. The summed E-state index contributed by atoms with van der Waals surface area (Å²) >= 11 is 0. The molecule has 4 aromatic rings. The Morgan fingerprint density at radius 3 is 2.18 bits per heavy atom. The van der Waals surface area contributed by atoms with Crippen molar-refractivity contribution in [2.24, 2.45) is 0 Å². The SMILES string of the molecule is CCOc1ccc(Cc2ccc(Cc3cn([Si](C(C)C)(C(C)C)C(C)C)c4ncc(C)cc34)c(F)n2)cn1. The Morgan fingerprint density at radius 1 is 0.895 bits per heavy atom. The van der Waals surface area contributed by atoms with Crippen LogP contribution in [0.3, 0.4) is 0 Å². The molecule has 0 N–H and O–H groups in total. The summed E-state index contributed by atoms with van der Waals surface area (Å²) in [5.74, 6) is 0.178.